The van der Waals surface area contributed by atoms with Crippen molar-refractivity contribution in [1.29, 1.82) is 0 Å². The van der Waals surface area contributed by atoms with E-state index in [2.05, 4.69) is 0 Å². The molecule has 0 aliphatic carbocycles. The minimum atomic E-state index is -0.286. The van der Waals surface area contributed by atoms with Crippen LogP contribution in [0.5, 0.6) is 0 Å². The third kappa shape index (κ3) is 2.47. The molecule has 0 unspecified atom stereocenters. The zero-order chi connectivity index (χ0) is 10.9. The lowest BCUT2D eigenvalue weighted by Gasteiger charge is -2.40. The molecule has 0 radical (unpaired) electrons. The number of morpholine rings is 1. The molecule has 1 fully saturated rings. The van der Waals surface area contributed by atoms with Crippen LogP contribution in [0.2, 0.25) is 0 Å². The summed E-state index contributed by atoms with van der Waals surface area (Å²) < 4.78 is 5.49. The van der Waals surface area contributed by atoms with Crippen LogP contribution in [0.1, 0.15) is 34.6 Å². The standard InChI is InChI=1S/C11H21NO2/c1-8-7-14-9(2)6-12(8)10(13)11(3,4)5/h8-9H,6-7H2,1-5H3/t8-,9-/m0/s1. The molecule has 14 heavy (non-hydrogen) atoms. The number of carbonyl (C=O) groups is 1. The van der Waals surface area contributed by atoms with Gasteiger partial charge in [-0.05, 0) is 13.8 Å². The highest BCUT2D eigenvalue weighted by Gasteiger charge is 2.33. The van der Waals surface area contributed by atoms with Gasteiger partial charge in [-0.2, -0.15) is 0 Å². The Morgan fingerprint density at radius 1 is 1.36 bits per heavy atom. The Morgan fingerprint density at radius 3 is 2.43 bits per heavy atom. The maximum atomic E-state index is 12.0. The van der Waals surface area contributed by atoms with Gasteiger partial charge in [0.15, 0.2) is 0 Å². The van der Waals surface area contributed by atoms with Crippen molar-refractivity contribution in [3.05, 3.63) is 0 Å². The predicted molar refractivity (Wildman–Crippen MR) is 56.0 cm³/mol. The van der Waals surface area contributed by atoms with Crippen molar-refractivity contribution >= 4 is 5.91 Å². The number of hydrogen-bond acceptors (Lipinski definition) is 2. The fourth-order valence-electron chi connectivity index (χ4n) is 1.62. The first-order valence-electron chi connectivity index (χ1n) is 5.25. The van der Waals surface area contributed by atoms with Crippen molar-refractivity contribution in [2.75, 3.05) is 13.2 Å². The maximum absolute atomic E-state index is 12.0. The number of amides is 1. The molecule has 1 heterocycles. The topological polar surface area (TPSA) is 29.5 Å². The summed E-state index contributed by atoms with van der Waals surface area (Å²) in [7, 11) is 0. The summed E-state index contributed by atoms with van der Waals surface area (Å²) >= 11 is 0. The maximum Gasteiger partial charge on any atom is 0.228 e. The second kappa shape index (κ2) is 3.89. The first-order chi connectivity index (χ1) is 6.32. The van der Waals surface area contributed by atoms with Gasteiger partial charge in [0, 0.05) is 12.0 Å². The summed E-state index contributed by atoms with van der Waals surface area (Å²) in [6.45, 7) is 11.3. The molecule has 0 aromatic heterocycles. The van der Waals surface area contributed by atoms with Gasteiger partial charge in [-0.3, -0.25) is 4.79 Å². The van der Waals surface area contributed by atoms with Crippen LogP contribution < -0.4 is 0 Å². The fourth-order valence-corrected chi connectivity index (χ4v) is 1.62. The Bertz CT molecular complexity index is 220. The molecule has 1 aliphatic rings. The summed E-state index contributed by atoms with van der Waals surface area (Å²) in [6.07, 6.45) is 0.164. The van der Waals surface area contributed by atoms with Crippen LogP contribution in [-0.2, 0) is 9.53 Å². The quantitative estimate of drug-likeness (QED) is 0.594. The van der Waals surface area contributed by atoms with Crippen LogP contribution in [0.3, 0.4) is 0 Å². The van der Waals surface area contributed by atoms with Crippen molar-refractivity contribution < 1.29 is 9.53 Å². The van der Waals surface area contributed by atoms with Gasteiger partial charge in [-0.15, -0.1) is 0 Å². The SMILES string of the molecule is C[C@H]1CN(C(=O)C(C)(C)C)[C@@H](C)CO1. The molecule has 2 atom stereocenters. The van der Waals surface area contributed by atoms with E-state index >= 15 is 0 Å². The number of carbonyl (C=O) groups excluding carboxylic acids is 1. The molecule has 1 amide bonds. The van der Waals surface area contributed by atoms with Crippen LogP contribution >= 0.6 is 0 Å². The van der Waals surface area contributed by atoms with E-state index in [4.69, 9.17) is 4.74 Å². The molecule has 0 bridgehead atoms. The molecule has 1 rings (SSSR count). The average molecular weight is 199 g/mol. The zero-order valence-electron chi connectivity index (χ0n) is 9.83. The smallest absolute Gasteiger partial charge is 0.228 e. The van der Waals surface area contributed by atoms with Crippen LogP contribution in [0, 0.1) is 5.41 Å². The zero-order valence-corrected chi connectivity index (χ0v) is 9.83. The molecular formula is C11H21NO2. The van der Waals surface area contributed by atoms with Gasteiger partial charge in [0.25, 0.3) is 0 Å². The molecular weight excluding hydrogens is 178 g/mol. The number of ether oxygens (including phenoxy) is 1. The van der Waals surface area contributed by atoms with Gasteiger partial charge in [0.05, 0.1) is 18.8 Å². The third-order valence-electron chi connectivity index (χ3n) is 2.51. The van der Waals surface area contributed by atoms with Crippen molar-refractivity contribution in [2.45, 2.75) is 46.8 Å². The van der Waals surface area contributed by atoms with E-state index in [9.17, 15) is 4.79 Å². The predicted octanol–water partition coefficient (Wildman–Crippen LogP) is 1.67. The Morgan fingerprint density at radius 2 is 1.93 bits per heavy atom. The molecule has 0 saturated carbocycles. The van der Waals surface area contributed by atoms with Gasteiger partial charge in [0.2, 0.25) is 5.91 Å². The van der Waals surface area contributed by atoms with Crippen molar-refractivity contribution in [2.24, 2.45) is 5.41 Å². The highest BCUT2D eigenvalue weighted by molar-refractivity contribution is 5.81. The van der Waals surface area contributed by atoms with Crippen LogP contribution in [-0.4, -0.2) is 36.1 Å². The second-order valence-electron chi connectivity index (χ2n) is 5.20. The minimum absolute atomic E-state index is 0.164. The van der Waals surface area contributed by atoms with Gasteiger partial charge in [-0.1, -0.05) is 20.8 Å². The summed E-state index contributed by atoms with van der Waals surface area (Å²) in [6, 6.07) is 0.206. The van der Waals surface area contributed by atoms with Gasteiger partial charge in [0.1, 0.15) is 0 Å². The molecule has 0 N–H and O–H groups in total. The van der Waals surface area contributed by atoms with Gasteiger partial charge < -0.3 is 9.64 Å². The first kappa shape index (κ1) is 11.5. The third-order valence-corrected chi connectivity index (χ3v) is 2.51. The minimum Gasteiger partial charge on any atom is -0.375 e. The molecule has 0 aromatic carbocycles. The molecule has 3 nitrogen and oxygen atoms in total. The summed E-state index contributed by atoms with van der Waals surface area (Å²) in [5.41, 5.74) is -0.286. The molecule has 3 heteroatoms. The van der Waals surface area contributed by atoms with E-state index in [1.807, 2.05) is 39.5 Å². The lowest BCUT2D eigenvalue weighted by molar-refractivity contribution is -0.151. The Labute approximate surface area is 86.4 Å². The molecule has 82 valence electrons. The molecule has 0 spiro atoms. The largest absolute Gasteiger partial charge is 0.375 e. The van der Waals surface area contributed by atoms with Gasteiger partial charge >= 0.3 is 0 Å². The Kier molecular flexibility index (Phi) is 3.20. The van der Waals surface area contributed by atoms with E-state index in [1.165, 1.54) is 0 Å². The number of rotatable bonds is 0. The number of nitrogens with zero attached hydrogens (tertiary/aromatic N) is 1. The van der Waals surface area contributed by atoms with E-state index in [1.54, 1.807) is 0 Å². The van der Waals surface area contributed by atoms with E-state index in [0.29, 0.717) is 6.61 Å². The summed E-state index contributed by atoms with van der Waals surface area (Å²) in [4.78, 5) is 14.0. The Hall–Kier alpha value is -0.570. The highest BCUT2D eigenvalue weighted by Crippen LogP contribution is 2.22. The Balaban J connectivity index is 2.70. The first-order valence-corrected chi connectivity index (χ1v) is 5.25. The van der Waals surface area contributed by atoms with Crippen molar-refractivity contribution in [3.63, 3.8) is 0 Å². The van der Waals surface area contributed by atoms with E-state index in [0.717, 1.165) is 6.54 Å². The lowest BCUT2D eigenvalue weighted by atomic mass is 9.93. The van der Waals surface area contributed by atoms with Crippen molar-refractivity contribution in [1.82, 2.24) is 4.90 Å². The molecule has 1 saturated heterocycles. The monoisotopic (exact) mass is 199 g/mol. The molecule has 0 aromatic rings. The highest BCUT2D eigenvalue weighted by atomic mass is 16.5. The van der Waals surface area contributed by atoms with Crippen LogP contribution in [0.15, 0.2) is 0 Å². The average Bonchev–Trinajstić information content (AvgIpc) is 2.06. The van der Waals surface area contributed by atoms with Crippen LogP contribution in [0.25, 0.3) is 0 Å². The van der Waals surface area contributed by atoms with Crippen LogP contribution in [0.4, 0.5) is 0 Å². The normalized spacial score (nSPS) is 29.1. The second-order valence-corrected chi connectivity index (χ2v) is 5.20. The fraction of sp³-hybridized carbons (Fsp3) is 0.909. The van der Waals surface area contributed by atoms with Crippen molar-refractivity contribution in [3.8, 4) is 0 Å². The summed E-state index contributed by atoms with van der Waals surface area (Å²) in [5.74, 6) is 0.222. The van der Waals surface area contributed by atoms with Gasteiger partial charge in [-0.25, -0.2) is 0 Å². The molecule has 1 aliphatic heterocycles. The van der Waals surface area contributed by atoms with E-state index < -0.39 is 0 Å². The lowest BCUT2D eigenvalue weighted by Crippen LogP contribution is -2.53. The van der Waals surface area contributed by atoms with E-state index in [-0.39, 0.29) is 23.5 Å². The number of hydrogen-bond donors (Lipinski definition) is 0. The summed E-state index contributed by atoms with van der Waals surface area (Å²) in [5, 5.41) is 0.